The molecule has 4 rings (SSSR count). The molecule has 0 saturated heterocycles. The number of nitrogens with zero attached hydrogens (tertiary/aromatic N) is 4. The number of H-pyrrole nitrogens is 1. The van der Waals surface area contributed by atoms with Gasteiger partial charge in [-0.2, -0.15) is 15.0 Å². The zero-order valence-corrected chi connectivity index (χ0v) is 16.3. The Morgan fingerprint density at radius 2 is 2.00 bits per heavy atom. The smallest absolute Gasteiger partial charge is 0.338 e. The van der Waals surface area contributed by atoms with Crippen molar-refractivity contribution in [3.05, 3.63) is 40.8 Å². The maximum absolute atomic E-state index is 12.7. The van der Waals surface area contributed by atoms with Crippen molar-refractivity contribution in [2.24, 2.45) is 0 Å². The number of aryl methyl sites for hydroxylation is 2. The first-order chi connectivity index (χ1) is 13.4. The standard InChI is InChI=1S/C20H24N6O2/c1-11(17-23-19(21)25-20(24-17)26(2)3)28-18(27)12-8-9-16-14(10-12)13-6-4-5-7-15(13)22-16/h8-11,22H,4-7H2,1-3H3,(H2,21,23,24,25)/t11-/m1/s1. The quantitative estimate of drug-likeness (QED) is 0.670. The van der Waals surface area contributed by atoms with Gasteiger partial charge in [-0.25, -0.2) is 4.79 Å². The summed E-state index contributed by atoms with van der Waals surface area (Å²) >= 11 is 0. The lowest BCUT2D eigenvalue weighted by atomic mass is 9.95. The third kappa shape index (κ3) is 3.37. The van der Waals surface area contributed by atoms with Gasteiger partial charge in [0.1, 0.15) is 0 Å². The number of ether oxygens (including phenoxy) is 1. The Kier molecular flexibility index (Phi) is 4.62. The molecule has 1 aliphatic carbocycles. The first-order valence-electron chi connectivity index (χ1n) is 9.45. The molecule has 3 aromatic rings. The molecule has 0 fully saturated rings. The summed E-state index contributed by atoms with van der Waals surface area (Å²) in [6, 6.07) is 5.64. The van der Waals surface area contributed by atoms with E-state index in [1.54, 1.807) is 17.9 Å². The van der Waals surface area contributed by atoms with Gasteiger partial charge in [0.2, 0.25) is 11.9 Å². The fourth-order valence-corrected chi connectivity index (χ4v) is 3.59. The largest absolute Gasteiger partial charge is 0.451 e. The van der Waals surface area contributed by atoms with Gasteiger partial charge in [0, 0.05) is 30.7 Å². The minimum atomic E-state index is -0.646. The van der Waals surface area contributed by atoms with Crippen LogP contribution in [-0.4, -0.2) is 40.0 Å². The van der Waals surface area contributed by atoms with Crippen molar-refractivity contribution >= 4 is 28.8 Å². The zero-order chi connectivity index (χ0) is 19.8. The lowest BCUT2D eigenvalue weighted by Crippen LogP contribution is -2.18. The maximum Gasteiger partial charge on any atom is 0.338 e. The molecule has 1 atom stereocenters. The molecule has 2 aromatic heterocycles. The number of aromatic amines is 1. The van der Waals surface area contributed by atoms with Gasteiger partial charge in [-0.1, -0.05) is 0 Å². The van der Waals surface area contributed by atoms with Crippen LogP contribution in [0.15, 0.2) is 18.2 Å². The normalized spacial score (nSPS) is 14.5. The lowest BCUT2D eigenvalue weighted by molar-refractivity contribution is 0.0320. The molecule has 3 N–H and O–H groups in total. The van der Waals surface area contributed by atoms with Gasteiger partial charge in [-0.3, -0.25) is 0 Å². The van der Waals surface area contributed by atoms with Gasteiger partial charge in [0.25, 0.3) is 0 Å². The van der Waals surface area contributed by atoms with Gasteiger partial charge in [0.05, 0.1) is 5.56 Å². The molecule has 8 heteroatoms. The Labute approximate surface area is 163 Å². The highest BCUT2D eigenvalue weighted by Gasteiger charge is 2.21. The van der Waals surface area contributed by atoms with E-state index >= 15 is 0 Å². The molecule has 0 radical (unpaired) electrons. The van der Waals surface area contributed by atoms with Gasteiger partial charge in [-0.15, -0.1) is 0 Å². The molecule has 2 heterocycles. The Balaban J connectivity index is 1.58. The SMILES string of the molecule is C[C@@H](OC(=O)c1ccc2[nH]c3c(c2c1)CCCC3)c1nc(N)nc(N(C)C)n1. The Bertz CT molecular complexity index is 1040. The number of rotatable bonds is 4. The van der Waals surface area contributed by atoms with Gasteiger partial charge < -0.3 is 20.4 Å². The minimum Gasteiger partial charge on any atom is -0.451 e. The second-order valence-electron chi connectivity index (χ2n) is 7.34. The van der Waals surface area contributed by atoms with E-state index in [1.165, 1.54) is 24.1 Å². The van der Waals surface area contributed by atoms with Crippen LogP contribution in [0.4, 0.5) is 11.9 Å². The molecule has 8 nitrogen and oxygen atoms in total. The Morgan fingerprint density at radius 3 is 2.79 bits per heavy atom. The number of esters is 1. The fourth-order valence-electron chi connectivity index (χ4n) is 3.59. The third-order valence-corrected chi connectivity index (χ3v) is 5.04. The molecule has 0 bridgehead atoms. The Hall–Kier alpha value is -3.16. The number of aromatic nitrogens is 4. The second kappa shape index (κ2) is 7.10. The van der Waals surface area contributed by atoms with E-state index < -0.39 is 12.1 Å². The summed E-state index contributed by atoms with van der Waals surface area (Å²) in [5, 5.41) is 1.11. The van der Waals surface area contributed by atoms with Crippen LogP contribution in [0.3, 0.4) is 0 Å². The number of anilines is 2. The van der Waals surface area contributed by atoms with E-state index in [9.17, 15) is 4.79 Å². The molecule has 1 aromatic carbocycles. The molecule has 0 spiro atoms. The van der Waals surface area contributed by atoms with Crippen LogP contribution in [-0.2, 0) is 17.6 Å². The number of nitrogens with one attached hydrogen (secondary N) is 1. The van der Waals surface area contributed by atoms with E-state index in [0.29, 0.717) is 17.3 Å². The number of hydrogen-bond acceptors (Lipinski definition) is 7. The highest BCUT2D eigenvalue weighted by Crippen LogP contribution is 2.30. The molecular formula is C20H24N6O2. The summed E-state index contributed by atoms with van der Waals surface area (Å²) in [5.74, 6) is 0.429. The van der Waals surface area contributed by atoms with Gasteiger partial charge >= 0.3 is 5.97 Å². The zero-order valence-electron chi connectivity index (χ0n) is 16.3. The van der Waals surface area contributed by atoms with E-state index in [0.717, 1.165) is 23.7 Å². The van der Waals surface area contributed by atoms with Crippen LogP contribution in [0.5, 0.6) is 0 Å². The van der Waals surface area contributed by atoms with Gasteiger partial charge in [0.15, 0.2) is 11.9 Å². The topological polar surface area (TPSA) is 110 Å². The van der Waals surface area contributed by atoms with Crippen LogP contribution >= 0.6 is 0 Å². The molecule has 0 unspecified atom stereocenters. The number of hydrogen-bond donors (Lipinski definition) is 2. The second-order valence-corrected chi connectivity index (χ2v) is 7.34. The predicted octanol–water partition coefficient (Wildman–Crippen LogP) is 2.80. The number of fused-ring (bicyclic) bond motifs is 3. The van der Waals surface area contributed by atoms with E-state index in [2.05, 4.69) is 19.9 Å². The summed E-state index contributed by atoms with van der Waals surface area (Å²) in [5.41, 5.74) is 9.95. The number of nitrogens with two attached hydrogens (primary N) is 1. The summed E-state index contributed by atoms with van der Waals surface area (Å²) in [7, 11) is 3.62. The molecule has 1 aliphatic rings. The molecule has 28 heavy (non-hydrogen) atoms. The van der Waals surface area contributed by atoms with Gasteiger partial charge in [-0.05, 0) is 56.4 Å². The van der Waals surface area contributed by atoms with Crippen molar-refractivity contribution in [2.75, 3.05) is 24.7 Å². The maximum atomic E-state index is 12.7. The minimum absolute atomic E-state index is 0.0944. The molecule has 146 valence electrons. The summed E-state index contributed by atoms with van der Waals surface area (Å²) in [6.45, 7) is 1.73. The van der Waals surface area contributed by atoms with Crippen molar-refractivity contribution in [3.8, 4) is 0 Å². The van der Waals surface area contributed by atoms with E-state index in [-0.39, 0.29) is 5.95 Å². The van der Waals surface area contributed by atoms with Crippen molar-refractivity contribution in [2.45, 2.75) is 38.7 Å². The van der Waals surface area contributed by atoms with Crippen LogP contribution in [0, 0.1) is 0 Å². The first-order valence-corrected chi connectivity index (χ1v) is 9.45. The molecular weight excluding hydrogens is 356 g/mol. The number of carbonyl (C=O) groups excluding carboxylic acids is 1. The van der Waals surface area contributed by atoms with Crippen LogP contribution in [0.1, 0.15) is 53.3 Å². The summed E-state index contributed by atoms with van der Waals surface area (Å²) in [6.07, 6.45) is 3.85. The Morgan fingerprint density at radius 1 is 1.21 bits per heavy atom. The highest BCUT2D eigenvalue weighted by atomic mass is 16.5. The summed E-state index contributed by atoms with van der Waals surface area (Å²) < 4.78 is 5.61. The average Bonchev–Trinajstić information content (AvgIpc) is 3.05. The van der Waals surface area contributed by atoms with E-state index in [4.69, 9.17) is 10.5 Å². The van der Waals surface area contributed by atoms with Crippen LogP contribution in [0.2, 0.25) is 0 Å². The van der Waals surface area contributed by atoms with Crippen LogP contribution in [0.25, 0.3) is 10.9 Å². The predicted molar refractivity (Wildman–Crippen MR) is 107 cm³/mol. The van der Waals surface area contributed by atoms with Crippen LogP contribution < -0.4 is 10.6 Å². The number of benzene rings is 1. The van der Waals surface area contributed by atoms with Crippen molar-refractivity contribution in [3.63, 3.8) is 0 Å². The molecule has 0 saturated carbocycles. The number of nitrogen functional groups attached to an aromatic ring is 1. The van der Waals surface area contributed by atoms with E-state index in [1.807, 2.05) is 26.2 Å². The van der Waals surface area contributed by atoms with Crippen molar-refractivity contribution in [1.82, 2.24) is 19.9 Å². The molecule has 0 aliphatic heterocycles. The fraction of sp³-hybridized carbons (Fsp3) is 0.400. The summed E-state index contributed by atoms with van der Waals surface area (Å²) in [4.78, 5) is 30.4. The lowest BCUT2D eigenvalue weighted by Gasteiger charge is -2.15. The average molecular weight is 380 g/mol. The first kappa shape index (κ1) is 18.2. The number of carbonyl (C=O) groups is 1. The highest BCUT2D eigenvalue weighted by molar-refractivity contribution is 5.96. The van der Waals surface area contributed by atoms with Crippen molar-refractivity contribution in [1.29, 1.82) is 0 Å². The van der Waals surface area contributed by atoms with Crippen molar-refractivity contribution < 1.29 is 9.53 Å². The molecule has 0 amide bonds. The third-order valence-electron chi connectivity index (χ3n) is 5.04. The monoisotopic (exact) mass is 380 g/mol.